The number of benzene rings is 1. The number of halogens is 3. The number of alkyl halides is 1. The van der Waals surface area contributed by atoms with Crippen molar-refractivity contribution in [2.75, 3.05) is 0 Å². The minimum atomic E-state index is -0.863. The van der Waals surface area contributed by atoms with Crippen LogP contribution in [-0.2, 0) is 12.4 Å². The van der Waals surface area contributed by atoms with Gasteiger partial charge in [-0.3, -0.25) is 0 Å². The first-order valence-electron chi connectivity index (χ1n) is 4.58. The molecule has 0 unspecified atom stereocenters. The molecule has 5 heteroatoms. The first kappa shape index (κ1) is 10.4. The highest BCUT2D eigenvalue weighted by Crippen LogP contribution is 2.22. The Labute approximate surface area is 90.5 Å². The fourth-order valence-electron chi connectivity index (χ4n) is 1.65. The smallest absolute Gasteiger partial charge is 0.184 e. The highest BCUT2D eigenvalue weighted by Gasteiger charge is 2.15. The van der Waals surface area contributed by atoms with Crippen molar-refractivity contribution in [1.82, 2.24) is 9.55 Å². The molecule has 0 N–H and O–H groups in total. The molecule has 0 atom stereocenters. The van der Waals surface area contributed by atoms with E-state index in [0.717, 1.165) is 6.07 Å². The van der Waals surface area contributed by atoms with Crippen LogP contribution in [0.4, 0.5) is 8.78 Å². The predicted octanol–water partition coefficient (Wildman–Crippen LogP) is 3.07. The fraction of sp³-hybridized carbons (Fsp3) is 0.300. The second-order valence-corrected chi connectivity index (χ2v) is 3.40. The Hall–Kier alpha value is -1.16. The maximum Gasteiger partial charge on any atom is 0.184 e. The van der Waals surface area contributed by atoms with Crippen LogP contribution < -0.4 is 0 Å². The van der Waals surface area contributed by atoms with Gasteiger partial charge in [-0.1, -0.05) is 0 Å². The van der Waals surface area contributed by atoms with E-state index in [9.17, 15) is 8.78 Å². The van der Waals surface area contributed by atoms with Gasteiger partial charge in [0.2, 0.25) is 0 Å². The van der Waals surface area contributed by atoms with Crippen molar-refractivity contribution in [2.24, 2.45) is 0 Å². The molecule has 0 aliphatic heterocycles. The Bertz CT molecular complexity index is 508. The topological polar surface area (TPSA) is 17.8 Å². The van der Waals surface area contributed by atoms with Gasteiger partial charge in [-0.05, 0) is 19.1 Å². The third-order valence-electron chi connectivity index (χ3n) is 2.31. The van der Waals surface area contributed by atoms with E-state index in [-0.39, 0.29) is 11.4 Å². The van der Waals surface area contributed by atoms with Crippen LogP contribution in [0.3, 0.4) is 0 Å². The summed E-state index contributed by atoms with van der Waals surface area (Å²) >= 11 is 5.67. The molecule has 0 spiro atoms. The Morgan fingerprint density at radius 1 is 1.40 bits per heavy atom. The number of imidazole rings is 1. The summed E-state index contributed by atoms with van der Waals surface area (Å²) in [6, 6.07) is 2.53. The van der Waals surface area contributed by atoms with Gasteiger partial charge in [0.1, 0.15) is 11.3 Å². The van der Waals surface area contributed by atoms with Crippen LogP contribution in [0, 0.1) is 11.6 Å². The van der Waals surface area contributed by atoms with Gasteiger partial charge in [-0.15, -0.1) is 11.6 Å². The van der Waals surface area contributed by atoms with Gasteiger partial charge in [0.15, 0.2) is 11.6 Å². The number of hydrogen-bond acceptors (Lipinski definition) is 1. The molecule has 15 heavy (non-hydrogen) atoms. The highest BCUT2D eigenvalue weighted by atomic mass is 35.5. The van der Waals surface area contributed by atoms with Crippen molar-refractivity contribution in [2.45, 2.75) is 19.3 Å². The van der Waals surface area contributed by atoms with Gasteiger partial charge >= 0.3 is 0 Å². The molecule has 1 aromatic carbocycles. The molecule has 0 radical (unpaired) electrons. The summed E-state index contributed by atoms with van der Waals surface area (Å²) < 4.78 is 28.1. The first-order chi connectivity index (χ1) is 7.19. The summed E-state index contributed by atoms with van der Waals surface area (Å²) in [5, 5.41) is 0. The van der Waals surface area contributed by atoms with Crippen molar-refractivity contribution in [3.05, 3.63) is 29.6 Å². The van der Waals surface area contributed by atoms with E-state index in [1.54, 1.807) is 4.57 Å². The fourth-order valence-corrected chi connectivity index (χ4v) is 1.85. The summed E-state index contributed by atoms with van der Waals surface area (Å²) in [5.74, 6) is -0.987. The van der Waals surface area contributed by atoms with Crippen LogP contribution >= 0.6 is 11.6 Å². The van der Waals surface area contributed by atoms with Gasteiger partial charge in [-0.2, -0.15) is 0 Å². The molecule has 0 aliphatic carbocycles. The van der Waals surface area contributed by atoms with E-state index in [1.165, 1.54) is 6.07 Å². The Morgan fingerprint density at radius 3 is 2.73 bits per heavy atom. The molecule has 0 amide bonds. The van der Waals surface area contributed by atoms with Crippen LogP contribution in [0.15, 0.2) is 12.1 Å². The lowest BCUT2D eigenvalue weighted by atomic mass is 10.3. The van der Waals surface area contributed by atoms with Crippen LogP contribution in [-0.4, -0.2) is 9.55 Å². The molecule has 1 aromatic heterocycles. The zero-order chi connectivity index (χ0) is 11.0. The summed E-state index contributed by atoms with van der Waals surface area (Å²) in [6.07, 6.45) is 0. The van der Waals surface area contributed by atoms with Gasteiger partial charge in [-0.25, -0.2) is 13.8 Å². The number of nitrogens with zero attached hydrogens (tertiary/aromatic N) is 2. The number of hydrogen-bond donors (Lipinski definition) is 0. The van der Waals surface area contributed by atoms with Crippen molar-refractivity contribution in [1.29, 1.82) is 0 Å². The molecule has 0 fully saturated rings. The third-order valence-corrected chi connectivity index (χ3v) is 2.55. The Kier molecular flexibility index (Phi) is 2.61. The molecule has 2 nitrogen and oxygen atoms in total. The van der Waals surface area contributed by atoms with E-state index in [2.05, 4.69) is 4.98 Å². The van der Waals surface area contributed by atoms with E-state index in [0.29, 0.717) is 17.9 Å². The highest BCUT2D eigenvalue weighted by molar-refractivity contribution is 6.16. The molecule has 0 saturated heterocycles. The molecule has 0 saturated carbocycles. The van der Waals surface area contributed by atoms with Gasteiger partial charge < -0.3 is 4.57 Å². The van der Waals surface area contributed by atoms with Crippen molar-refractivity contribution in [3.8, 4) is 0 Å². The summed E-state index contributed by atoms with van der Waals surface area (Å²) in [5.41, 5.74) is 0.625. The van der Waals surface area contributed by atoms with Gasteiger partial charge in [0.05, 0.1) is 11.4 Å². The maximum absolute atomic E-state index is 13.5. The van der Waals surface area contributed by atoms with Gasteiger partial charge in [0.25, 0.3) is 0 Å². The summed E-state index contributed by atoms with van der Waals surface area (Å²) in [7, 11) is 0. The van der Waals surface area contributed by atoms with Crippen LogP contribution in [0.5, 0.6) is 0 Å². The average molecular weight is 231 g/mol. The minimum Gasteiger partial charge on any atom is -0.325 e. The van der Waals surface area contributed by atoms with Crippen LogP contribution in [0.1, 0.15) is 12.7 Å². The van der Waals surface area contributed by atoms with E-state index in [1.807, 2.05) is 6.92 Å². The maximum atomic E-state index is 13.5. The lowest BCUT2D eigenvalue weighted by molar-refractivity contribution is 0.511. The van der Waals surface area contributed by atoms with Crippen LogP contribution in [0.25, 0.3) is 11.0 Å². The van der Waals surface area contributed by atoms with E-state index < -0.39 is 11.6 Å². The standard InChI is InChI=1S/C10H9ClF2N2/c1-2-15-8(5-11)14-7-4-3-6(12)9(13)10(7)15/h3-4H,2,5H2,1H3. The van der Waals surface area contributed by atoms with Gasteiger partial charge in [0, 0.05) is 6.54 Å². The zero-order valence-corrected chi connectivity index (χ0v) is 8.85. The summed E-state index contributed by atoms with van der Waals surface area (Å²) in [4.78, 5) is 4.13. The summed E-state index contributed by atoms with van der Waals surface area (Å²) in [6.45, 7) is 2.35. The monoisotopic (exact) mass is 230 g/mol. The normalized spacial score (nSPS) is 11.2. The van der Waals surface area contributed by atoms with Crippen LogP contribution in [0.2, 0.25) is 0 Å². The quantitative estimate of drug-likeness (QED) is 0.725. The third kappa shape index (κ3) is 1.49. The molecule has 0 bridgehead atoms. The molecule has 2 rings (SSSR count). The molecule has 0 aliphatic rings. The second-order valence-electron chi connectivity index (χ2n) is 3.14. The zero-order valence-electron chi connectivity index (χ0n) is 8.10. The average Bonchev–Trinajstić information content (AvgIpc) is 2.61. The molecule has 1 heterocycles. The molecule has 80 valence electrons. The Balaban J connectivity index is 2.85. The Morgan fingerprint density at radius 2 is 2.13 bits per heavy atom. The second kappa shape index (κ2) is 3.77. The lowest BCUT2D eigenvalue weighted by Gasteiger charge is -2.03. The SMILES string of the molecule is CCn1c(CCl)nc2ccc(F)c(F)c21. The molecule has 2 aromatic rings. The number of fused-ring (bicyclic) bond motifs is 1. The first-order valence-corrected chi connectivity index (χ1v) is 5.11. The molecular weight excluding hydrogens is 222 g/mol. The number of aromatic nitrogens is 2. The lowest BCUT2D eigenvalue weighted by Crippen LogP contribution is -2.01. The van der Waals surface area contributed by atoms with Crippen molar-refractivity contribution < 1.29 is 8.78 Å². The molecular formula is C10H9ClF2N2. The predicted molar refractivity (Wildman–Crippen MR) is 54.9 cm³/mol. The minimum absolute atomic E-state index is 0.184. The number of rotatable bonds is 2. The van der Waals surface area contributed by atoms with E-state index in [4.69, 9.17) is 11.6 Å². The van der Waals surface area contributed by atoms with Crippen molar-refractivity contribution in [3.63, 3.8) is 0 Å². The number of aryl methyl sites for hydroxylation is 1. The van der Waals surface area contributed by atoms with Crippen molar-refractivity contribution >= 4 is 22.6 Å². The van der Waals surface area contributed by atoms with E-state index >= 15 is 0 Å². The largest absolute Gasteiger partial charge is 0.325 e.